The van der Waals surface area contributed by atoms with Gasteiger partial charge in [0.1, 0.15) is 5.54 Å². The number of nitrogens with one attached hydrogen (secondary N) is 2. The first kappa shape index (κ1) is 13.9. The SMILES string of the molecule is CNC(C)(C#N)CC(C)Sc1nc2ccccc2[nH]1. The number of nitriles is 1. The first-order valence-electron chi connectivity index (χ1n) is 6.28. The molecule has 5 heteroatoms. The van der Waals surface area contributed by atoms with Crippen molar-refractivity contribution in [3.63, 3.8) is 0 Å². The Morgan fingerprint density at radius 2 is 2.26 bits per heavy atom. The lowest BCUT2D eigenvalue weighted by Crippen LogP contribution is -2.40. The fraction of sp³-hybridized carbons (Fsp3) is 0.429. The van der Waals surface area contributed by atoms with Gasteiger partial charge in [0, 0.05) is 5.25 Å². The number of hydrogen-bond donors (Lipinski definition) is 2. The van der Waals surface area contributed by atoms with E-state index in [9.17, 15) is 0 Å². The molecule has 4 nitrogen and oxygen atoms in total. The molecule has 0 saturated carbocycles. The average Bonchev–Trinajstić information content (AvgIpc) is 2.80. The molecule has 1 aromatic heterocycles. The molecular formula is C14H18N4S. The summed E-state index contributed by atoms with van der Waals surface area (Å²) >= 11 is 1.67. The molecule has 2 rings (SSSR count). The summed E-state index contributed by atoms with van der Waals surface area (Å²) in [5.74, 6) is 0. The van der Waals surface area contributed by atoms with Crippen molar-refractivity contribution in [1.82, 2.24) is 15.3 Å². The maximum absolute atomic E-state index is 9.17. The first-order valence-corrected chi connectivity index (χ1v) is 7.16. The number of H-pyrrole nitrogens is 1. The second-order valence-electron chi connectivity index (χ2n) is 4.89. The zero-order valence-corrected chi connectivity index (χ0v) is 12.2. The van der Waals surface area contributed by atoms with Crippen molar-refractivity contribution in [2.45, 2.75) is 36.2 Å². The van der Waals surface area contributed by atoms with Crippen molar-refractivity contribution in [3.05, 3.63) is 24.3 Å². The number of hydrogen-bond acceptors (Lipinski definition) is 4. The van der Waals surface area contributed by atoms with Crippen LogP contribution in [-0.4, -0.2) is 27.8 Å². The molecule has 0 aliphatic rings. The fourth-order valence-corrected chi connectivity index (χ4v) is 3.11. The van der Waals surface area contributed by atoms with Gasteiger partial charge >= 0.3 is 0 Å². The van der Waals surface area contributed by atoms with Gasteiger partial charge < -0.3 is 10.3 Å². The van der Waals surface area contributed by atoms with Crippen molar-refractivity contribution < 1.29 is 0 Å². The zero-order chi connectivity index (χ0) is 13.9. The summed E-state index contributed by atoms with van der Waals surface area (Å²) in [5, 5.41) is 13.4. The second-order valence-corrected chi connectivity index (χ2v) is 6.31. The molecule has 0 bridgehead atoms. The van der Waals surface area contributed by atoms with Crippen LogP contribution in [0.25, 0.3) is 11.0 Å². The molecule has 100 valence electrons. The smallest absolute Gasteiger partial charge is 0.166 e. The molecule has 0 fully saturated rings. The van der Waals surface area contributed by atoms with Gasteiger partial charge in [-0.1, -0.05) is 30.8 Å². The van der Waals surface area contributed by atoms with Crippen LogP contribution in [-0.2, 0) is 0 Å². The molecule has 0 radical (unpaired) electrons. The van der Waals surface area contributed by atoms with E-state index in [0.717, 1.165) is 22.6 Å². The molecule has 2 atom stereocenters. The summed E-state index contributed by atoms with van der Waals surface area (Å²) in [6, 6.07) is 10.3. The predicted molar refractivity (Wildman–Crippen MR) is 79.1 cm³/mol. The average molecular weight is 274 g/mol. The van der Waals surface area contributed by atoms with Crippen LogP contribution in [0.4, 0.5) is 0 Å². The maximum Gasteiger partial charge on any atom is 0.166 e. The van der Waals surface area contributed by atoms with Crippen molar-refractivity contribution in [2.75, 3.05) is 7.05 Å². The summed E-state index contributed by atoms with van der Waals surface area (Å²) in [5.41, 5.74) is 1.54. The van der Waals surface area contributed by atoms with Crippen molar-refractivity contribution in [1.29, 1.82) is 5.26 Å². The molecule has 1 heterocycles. The third kappa shape index (κ3) is 3.28. The normalized spacial score (nSPS) is 15.9. The number of para-hydroxylation sites is 2. The highest BCUT2D eigenvalue weighted by Gasteiger charge is 2.25. The molecule has 19 heavy (non-hydrogen) atoms. The van der Waals surface area contributed by atoms with Crippen LogP contribution in [0.2, 0.25) is 0 Å². The Balaban J connectivity index is 2.06. The Bertz CT molecular complexity index is 568. The van der Waals surface area contributed by atoms with E-state index in [1.165, 1.54) is 0 Å². The van der Waals surface area contributed by atoms with Gasteiger partial charge in [-0.3, -0.25) is 0 Å². The molecule has 2 unspecified atom stereocenters. The van der Waals surface area contributed by atoms with Crippen LogP contribution in [0.3, 0.4) is 0 Å². The minimum atomic E-state index is -0.488. The minimum Gasteiger partial charge on any atom is -0.333 e. The number of nitrogens with zero attached hydrogens (tertiary/aromatic N) is 2. The standard InChI is InChI=1S/C14H18N4S/c1-10(8-14(2,9-15)16-3)19-13-17-11-6-4-5-7-12(11)18-13/h4-7,10,16H,8H2,1-3H3,(H,17,18). The van der Waals surface area contributed by atoms with E-state index in [0.29, 0.717) is 5.25 Å². The highest BCUT2D eigenvalue weighted by molar-refractivity contribution is 7.99. The van der Waals surface area contributed by atoms with Gasteiger partial charge in [-0.25, -0.2) is 4.98 Å². The van der Waals surface area contributed by atoms with Crippen LogP contribution in [0.1, 0.15) is 20.3 Å². The monoisotopic (exact) mass is 274 g/mol. The number of imidazole rings is 1. The molecule has 2 N–H and O–H groups in total. The number of rotatable bonds is 5. The molecule has 0 aliphatic carbocycles. The van der Waals surface area contributed by atoms with Gasteiger partial charge in [0.2, 0.25) is 0 Å². The molecule has 0 saturated heterocycles. The number of fused-ring (bicyclic) bond motifs is 1. The number of aromatic amines is 1. The predicted octanol–water partition coefficient (Wildman–Crippen LogP) is 2.94. The lowest BCUT2D eigenvalue weighted by atomic mass is 9.98. The van der Waals surface area contributed by atoms with Gasteiger partial charge in [0.25, 0.3) is 0 Å². The van der Waals surface area contributed by atoms with Crippen LogP contribution in [0.15, 0.2) is 29.4 Å². The van der Waals surface area contributed by atoms with E-state index < -0.39 is 5.54 Å². The molecule has 0 spiro atoms. The molecular weight excluding hydrogens is 256 g/mol. The van der Waals surface area contributed by atoms with E-state index in [-0.39, 0.29) is 0 Å². The third-order valence-electron chi connectivity index (χ3n) is 3.17. The Kier molecular flexibility index (Phi) is 4.13. The highest BCUT2D eigenvalue weighted by Crippen LogP contribution is 2.28. The lowest BCUT2D eigenvalue weighted by molar-refractivity contribution is 0.455. The van der Waals surface area contributed by atoms with E-state index in [4.69, 9.17) is 5.26 Å². The highest BCUT2D eigenvalue weighted by atomic mass is 32.2. The maximum atomic E-state index is 9.17. The lowest BCUT2D eigenvalue weighted by Gasteiger charge is -2.23. The molecule has 2 aromatic rings. The number of benzene rings is 1. The summed E-state index contributed by atoms with van der Waals surface area (Å²) < 4.78 is 0. The molecule has 0 amide bonds. The summed E-state index contributed by atoms with van der Waals surface area (Å²) in [6.45, 7) is 4.04. The summed E-state index contributed by atoms with van der Waals surface area (Å²) in [7, 11) is 1.82. The summed E-state index contributed by atoms with van der Waals surface area (Å²) in [6.07, 6.45) is 0.766. The van der Waals surface area contributed by atoms with E-state index in [2.05, 4.69) is 28.3 Å². The van der Waals surface area contributed by atoms with Gasteiger partial charge in [-0.05, 0) is 32.5 Å². The van der Waals surface area contributed by atoms with Gasteiger partial charge in [-0.15, -0.1) is 0 Å². The van der Waals surface area contributed by atoms with Crippen molar-refractivity contribution in [3.8, 4) is 6.07 Å². The van der Waals surface area contributed by atoms with Crippen molar-refractivity contribution in [2.24, 2.45) is 0 Å². The van der Waals surface area contributed by atoms with Gasteiger partial charge in [-0.2, -0.15) is 5.26 Å². The Labute approximate surface area is 117 Å². The van der Waals surface area contributed by atoms with Crippen molar-refractivity contribution >= 4 is 22.8 Å². The Hall–Kier alpha value is -1.51. The van der Waals surface area contributed by atoms with Gasteiger partial charge in [0.05, 0.1) is 17.1 Å². The zero-order valence-electron chi connectivity index (χ0n) is 11.4. The summed E-state index contributed by atoms with van der Waals surface area (Å²) in [4.78, 5) is 7.84. The fourth-order valence-electron chi connectivity index (χ4n) is 2.00. The Morgan fingerprint density at radius 1 is 1.53 bits per heavy atom. The van der Waals surface area contributed by atoms with Crippen LogP contribution >= 0.6 is 11.8 Å². The molecule has 0 aliphatic heterocycles. The van der Waals surface area contributed by atoms with E-state index in [1.54, 1.807) is 11.8 Å². The second kappa shape index (κ2) is 5.64. The van der Waals surface area contributed by atoms with Gasteiger partial charge in [0.15, 0.2) is 5.16 Å². The Morgan fingerprint density at radius 3 is 2.89 bits per heavy atom. The topological polar surface area (TPSA) is 64.5 Å². The first-order chi connectivity index (χ1) is 9.06. The van der Waals surface area contributed by atoms with Crippen LogP contribution in [0, 0.1) is 11.3 Å². The number of aromatic nitrogens is 2. The number of thioether (sulfide) groups is 1. The van der Waals surface area contributed by atoms with E-state index >= 15 is 0 Å². The minimum absolute atomic E-state index is 0.303. The van der Waals surface area contributed by atoms with E-state index in [1.807, 2.05) is 38.2 Å². The quantitative estimate of drug-likeness (QED) is 0.823. The van der Waals surface area contributed by atoms with Crippen LogP contribution < -0.4 is 5.32 Å². The largest absolute Gasteiger partial charge is 0.333 e. The third-order valence-corrected chi connectivity index (χ3v) is 4.16. The van der Waals surface area contributed by atoms with Crippen LogP contribution in [0.5, 0.6) is 0 Å². The molecule has 1 aromatic carbocycles.